The number of hydrogen-bond donors (Lipinski definition) is 0. The highest BCUT2D eigenvalue weighted by Gasteiger charge is 1.61. The van der Waals surface area contributed by atoms with E-state index in [0.29, 0.717) is 0 Å². The van der Waals surface area contributed by atoms with Gasteiger partial charge in [-0.2, -0.15) is 22.7 Å². The zero-order valence-electron chi connectivity index (χ0n) is 7.89. The smallest absolute Gasteiger partial charge is 0.144 e. The molecule has 0 amide bonds. The van der Waals surface area contributed by atoms with Crippen molar-refractivity contribution in [3.05, 3.63) is 58.2 Å². The van der Waals surface area contributed by atoms with Gasteiger partial charge in [0.15, 0.2) is 0 Å². The molecule has 0 atom stereocenters. The third-order valence-corrected chi connectivity index (χ3v) is 2.39. The van der Waals surface area contributed by atoms with Crippen LogP contribution in [0.4, 0.5) is 0 Å². The molecule has 0 aliphatic heterocycles. The van der Waals surface area contributed by atoms with Gasteiger partial charge in [-0.3, -0.25) is 0 Å². The maximum Gasteiger partial charge on any atom is 0.144 e. The van der Waals surface area contributed by atoms with E-state index in [1.54, 1.807) is 22.7 Å². The molecule has 0 bridgehead atoms. The predicted molar refractivity (Wildman–Crippen MR) is 62.9 cm³/mol. The van der Waals surface area contributed by atoms with Gasteiger partial charge in [0.2, 0.25) is 0 Å². The molecule has 0 aliphatic rings. The predicted octanol–water partition coefficient (Wildman–Crippen LogP) is 3.57. The van der Waals surface area contributed by atoms with Crippen molar-refractivity contribution >= 4 is 22.7 Å². The van der Waals surface area contributed by atoms with E-state index >= 15 is 0 Å². The van der Waals surface area contributed by atoms with E-state index in [-0.39, 0.29) is 0 Å². The van der Waals surface area contributed by atoms with E-state index < -0.39 is 0 Å². The van der Waals surface area contributed by atoms with Gasteiger partial charge in [-0.05, 0) is 21.5 Å². The summed E-state index contributed by atoms with van der Waals surface area (Å²) in [4.78, 5) is 0. The van der Waals surface area contributed by atoms with Gasteiger partial charge >= 0.3 is 0 Å². The largest absolute Gasteiger partial charge is 0.346 e. The lowest BCUT2D eigenvalue weighted by Gasteiger charge is -1.45. The number of hydrogen-bond acceptors (Lipinski definition) is 5. The molecule has 15 heavy (non-hydrogen) atoms. The molecule has 3 heterocycles. The fourth-order valence-electron chi connectivity index (χ4n) is 0.590. The third kappa shape index (κ3) is 7.60. The van der Waals surface area contributed by atoms with Gasteiger partial charge in [0, 0.05) is 5.27 Å². The molecule has 0 aliphatic carbocycles. The maximum absolute atomic E-state index is 4.22. The van der Waals surface area contributed by atoms with Gasteiger partial charge in [0.1, 0.15) is 6.26 Å². The van der Waals surface area contributed by atoms with Crippen LogP contribution in [0.15, 0.2) is 62.8 Å². The van der Waals surface area contributed by atoms with Crippen molar-refractivity contribution in [2.75, 3.05) is 0 Å². The van der Waals surface area contributed by atoms with Crippen molar-refractivity contribution in [1.82, 2.24) is 10.4 Å². The Balaban J connectivity index is 0.000000112. The summed E-state index contributed by atoms with van der Waals surface area (Å²) in [5.41, 5.74) is 0. The second-order valence-corrected chi connectivity index (χ2v) is 3.81. The van der Waals surface area contributed by atoms with Crippen molar-refractivity contribution in [3.8, 4) is 0 Å². The normalized spacial score (nSPS) is 8.00. The Labute approximate surface area is 96.0 Å². The average molecular weight is 238 g/mol. The molecule has 5 heteroatoms. The van der Waals surface area contributed by atoms with Crippen LogP contribution in [0.2, 0.25) is 0 Å². The van der Waals surface area contributed by atoms with Crippen LogP contribution in [0.3, 0.4) is 0 Å². The maximum atomic E-state index is 4.22. The summed E-state index contributed by atoms with van der Waals surface area (Å²) in [6.07, 6.45) is 2.88. The first-order valence-electron chi connectivity index (χ1n) is 4.15. The number of thiophene rings is 2. The summed E-state index contributed by atoms with van der Waals surface area (Å²) in [7, 11) is 0. The topological polar surface area (TPSA) is 38.9 Å². The van der Waals surface area contributed by atoms with Crippen molar-refractivity contribution in [2.45, 2.75) is 0 Å². The first kappa shape index (κ1) is 11.6. The monoisotopic (exact) mass is 238 g/mol. The van der Waals surface area contributed by atoms with E-state index in [1.165, 1.54) is 12.5 Å². The van der Waals surface area contributed by atoms with Gasteiger partial charge in [0.25, 0.3) is 0 Å². The Kier molecular flexibility index (Phi) is 7.05. The van der Waals surface area contributed by atoms with Gasteiger partial charge in [-0.25, -0.2) is 0 Å². The van der Waals surface area contributed by atoms with Gasteiger partial charge in [-0.1, -0.05) is 24.3 Å². The summed E-state index contributed by atoms with van der Waals surface area (Å²) in [5.74, 6) is 0. The minimum atomic E-state index is 1.40. The van der Waals surface area contributed by atoms with Crippen molar-refractivity contribution in [2.24, 2.45) is 0 Å². The van der Waals surface area contributed by atoms with Crippen LogP contribution in [0.1, 0.15) is 0 Å². The van der Waals surface area contributed by atoms with Gasteiger partial charge < -0.3 is 4.52 Å². The summed E-state index contributed by atoms with van der Waals surface area (Å²) >= 11 is 3.43. The van der Waals surface area contributed by atoms with Crippen LogP contribution >= 0.6 is 22.7 Å². The molecule has 0 spiro atoms. The summed E-state index contributed by atoms with van der Waals surface area (Å²) in [6.45, 7) is 0. The molecule has 3 aromatic heterocycles. The van der Waals surface area contributed by atoms with E-state index in [2.05, 4.69) is 14.9 Å². The molecule has 0 radical (unpaired) electrons. The Bertz CT molecular complexity index is 253. The van der Waals surface area contributed by atoms with Crippen LogP contribution in [0, 0.1) is 0 Å². The molecular weight excluding hydrogens is 228 g/mol. The zero-order valence-corrected chi connectivity index (χ0v) is 9.53. The summed E-state index contributed by atoms with van der Waals surface area (Å²) in [5, 5.41) is 14.6. The van der Waals surface area contributed by atoms with E-state index in [4.69, 9.17) is 0 Å². The van der Waals surface area contributed by atoms with Crippen molar-refractivity contribution in [3.63, 3.8) is 0 Å². The summed E-state index contributed by atoms with van der Waals surface area (Å²) < 4.78 is 4.22. The first-order valence-corrected chi connectivity index (χ1v) is 6.04. The SMILES string of the molecule is c1ccsc1.c1ccsc1.c1conn1. The fraction of sp³-hybridized carbons (Fsp3) is 0. The quantitative estimate of drug-likeness (QED) is 0.601. The van der Waals surface area contributed by atoms with Crippen LogP contribution in [0.25, 0.3) is 0 Å². The molecule has 78 valence electrons. The third-order valence-electron chi connectivity index (χ3n) is 1.13. The summed E-state index contributed by atoms with van der Waals surface area (Å²) in [6, 6.07) is 8.07. The van der Waals surface area contributed by atoms with Crippen LogP contribution < -0.4 is 0 Å². The lowest BCUT2D eigenvalue weighted by molar-refractivity contribution is 0.393. The lowest BCUT2D eigenvalue weighted by atomic mass is 10.7. The molecule has 0 fully saturated rings. The fourth-order valence-corrected chi connectivity index (χ4v) is 1.50. The molecule has 3 aromatic rings. The minimum absolute atomic E-state index is 1.40. The zero-order chi connectivity index (χ0) is 10.6. The van der Waals surface area contributed by atoms with Crippen molar-refractivity contribution in [1.29, 1.82) is 0 Å². The Morgan fingerprint density at radius 1 is 0.800 bits per heavy atom. The lowest BCUT2D eigenvalue weighted by Crippen LogP contribution is -1.53. The van der Waals surface area contributed by atoms with Gasteiger partial charge in [0.05, 0.1) is 6.20 Å². The highest BCUT2D eigenvalue weighted by atomic mass is 32.1. The van der Waals surface area contributed by atoms with E-state index in [9.17, 15) is 0 Å². The van der Waals surface area contributed by atoms with Crippen molar-refractivity contribution < 1.29 is 4.52 Å². The Morgan fingerprint density at radius 2 is 1.33 bits per heavy atom. The number of rotatable bonds is 0. The van der Waals surface area contributed by atoms with Gasteiger partial charge in [-0.15, -0.1) is 5.10 Å². The standard InChI is InChI=1S/2C4H4S.C2H2N2O/c2*1-2-4-5-3-1;1-2-5-4-3-1/h2*1-4H;1-2H. The molecule has 3 rings (SSSR count). The molecule has 0 saturated carbocycles. The second-order valence-electron chi connectivity index (χ2n) is 2.17. The van der Waals surface area contributed by atoms with Crippen LogP contribution in [0.5, 0.6) is 0 Å². The average Bonchev–Trinajstić information content (AvgIpc) is 3.09. The molecule has 3 nitrogen and oxygen atoms in total. The number of nitrogens with zero attached hydrogens (tertiary/aromatic N) is 2. The first-order chi connectivity index (χ1) is 7.50. The minimum Gasteiger partial charge on any atom is -0.346 e. The highest BCUT2D eigenvalue weighted by Crippen LogP contribution is 1.92. The van der Waals surface area contributed by atoms with Crippen LogP contribution in [-0.2, 0) is 0 Å². The van der Waals surface area contributed by atoms with E-state index in [1.807, 2.05) is 45.8 Å². The molecule has 0 aromatic carbocycles. The Hall–Kier alpha value is -1.46. The molecular formula is C10H10N2OS2. The number of aromatic nitrogens is 2. The van der Waals surface area contributed by atoms with Crippen LogP contribution in [-0.4, -0.2) is 10.4 Å². The molecule has 0 unspecified atom stereocenters. The molecule has 0 N–H and O–H groups in total. The highest BCUT2D eigenvalue weighted by molar-refractivity contribution is 7.08. The second kappa shape index (κ2) is 9.11. The van der Waals surface area contributed by atoms with E-state index in [0.717, 1.165) is 0 Å². The molecule has 0 saturated heterocycles. The Morgan fingerprint density at radius 3 is 1.47 bits per heavy atom.